The molecule has 0 aliphatic rings. The van der Waals surface area contributed by atoms with Gasteiger partial charge in [0.1, 0.15) is 23.0 Å². The van der Waals surface area contributed by atoms with Crippen molar-refractivity contribution in [2.45, 2.75) is 39.5 Å². The maximum atomic E-state index is 11.7. The summed E-state index contributed by atoms with van der Waals surface area (Å²) in [5.41, 5.74) is 1.29. The molecule has 0 unspecified atom stereocenters. The van der Waals surface area contributed by atoms with Gasteiger partial charge in [0.25, 0.3) is 0 Å². The zero-order chi connectivity index (χ0) is 21.4. The van der Waals surface area contributed by atoms with E-state index in [1.54, 1.807) is 35.4 Å². The molecule has 0 saturated heterocycles. The summed E-state index contributed by atoms with van der Waals surface area (Å²) in [7, 11) is 6.36. The minimum Gasteiger partial charge on any atom is -0.496 e. The standard InChI is InChI=1S/C22H29NO6/c1-7-9-10-15(23-29-19(24)8-2)14-13-18(27-5)20-16(25-3)11-12-17(26-4)21(20)22(14)28-6/h11-13H,7-10H2,1-6H3. The van der Waals surface area contributed by atoms with E-state index >= 15 is 0 Å². The second-order valence-electron chi connectivity index (χ2n) is 6.34. The molecule has 0 aliphatic carbocycles. The normalized spacial score (nSPS) is 11.3. The van der Waals surface area contributed by atoms with Gasteiger partial charge in [0.2, 0.25) is 0 Å². The van der Waals surface area contributed by atoms with Crippen molar-refractivity contribution in [1.29, 1.82) is 0 Å². The highest BCUT2D eigenvalue weighted by Gasteiger charge is 2.23. The van der Waals surface area contributed by atoms with E-state index in [0.29, 0.717) is 46.1 Å². The first-order valence-electron chi connectivity index (χ1n) is 9.62. The number of ether oxygens (including phenoxy) is 4. The third-order valence-corrected chi connectivity index (χ3v) is 4.61. The summed E-state index contributed by atoms with van der Waals surface area (Å²) in [6.07, 6.45) is 2.70. The van der Waals surface area contributed by atoms with Crippen molar-refractivity contribution in [3.63, 3.8) is 0 Å². The van der Waals surface area contributed by atoms with Gasteiger partial charge in [0, 0.05) is 12.0 Å². The summed E-state index contributed by atoms with van der Waals surface area (Å²) >= 11 is 0. The fourth-order valence-electron chi connectivity index (χ4n) is 3.11. The van der Waals surface area contributed by atoms with Gasteiger partial charge in [-0.05, 0) is 31.0 Å². The van der Waals surface area contributed by atoms with Crippen LogP contribution in [0.25, 0.3) is 10.8 Å². The molecule has 2 aromatic carbocycles. The number of methoxy groups -OCH3 is 4. The molecule has 0 amide bonds. The van der Waals surface area contributed by atoms with Crippen molar-refractivity contribution in [2.24, 2.45) is 5.16 Å². The monoisotopic (exact) mass is 403 g/mol. The number of hydrogen-bond donors (Lipinski definition) is 0. The molecular formula is C22H29NO6. The lowest BCUT2D eigenvalue weighted by molar-refractivity contribution is -0.143. The molecule has 2 aromatic rings. The Labute approximate surface area is 171 Å². The largest absolute Gasteiger partial charge is 0.496 e. The highest BCUT2D eigenvalue weighted by atomic mass is 16.7. The molecule has 0 bridgehead atoms. The number of nitrogens with zero attached hydrogens (tertiary/aromatic N) is 1. The van der Waals surface area contributed by atoms with Crippen LogP contribution in [0, 0.1) is 0 Å². The van der Waals surface area contributed by atoms with E-state index in [1.165, 1.54) is 0 Å². The Morgan fingerprint density at radius 1 is 0.897 bits per heavy atom. The summed E-state index contributed by atoms with van der Waals surface area (Å²) in [6.45, 7) is 3.81. The smallest absolute Gasteiger partial charge is 0.334 e. The van der Waals surface area contributed by atoms with Gasteiger partial charge in [-0.25, -0.2) is 4.79 Å². The highest BCUT2D eigenvalue weighted by Crippen LogP contribution is 2.46. The van der Waals surface area contributed by atoms with Gasteiger partial charge in [0.05, 0.1) is 44.9 Å². The summed E-state index contributed by atoms with van der Waals surface area (Å²) in [5, 5.41) is 5.59. The van der Waals surface area contributed by atoms with Gasteiger partial charge < -0.3 is 23.8 Å². The first-order chi connectivity index (χ1) is 14.1. The Morgan fingerprint density at radius 2 is 1.52 bits per heavy atom. The SMILES string of the molecule is CCCCC(=NOC(=O)CC)c1cc(OC)c2c(OC)ccc(OC)c2c1OC. The number of rotatable bonds is 10. The number of carbonyl (C=O) groups excluding carboxylic acids is 1. The van der Waals surface area contributed by atoms with Crippen molar-refractivity contribution < 1.29 is 28.6 Å². The molecule has 2 rings (SSSR count). The van der Waals surface area contributed by atoms with E-state index in [-0.39, 0.29) is 6.42 Å². The molecule has 0 aliphatic heterocycles. The molecule has 7 heteroatoms. The highest BCUT2D eigenvalue weighted by molar-refractivity contribution is 6.12. The van der Waals surface area contributed by atoms with Crippen LogP contribution in [0.15, 0.2) is 23.4 Å². The molecule has 0 aromatic heterocycles. The molecule has 0 saturated carbocycles. The fraction of sp³-hybridized carbons (Fsp3) is 0.455. The summed E-state index contributed by atoms with van der Waals surface area (Å²) in [6, 6.07) is 5.46. The van der Waals surface area contributed by atoms with Crippen LogP contribution in [0.1, 0.15) is 45.1 Å². The van der Waals surface area contributed by atoms with Crippen molar-refractivity contribution in [1.82, 2.24) is 0 Å². The predicted octanol–water partition coefficient (Wildman–Crippen LogP) is 4.72. The Morgan fingerprint density at radius 3 is 2.03 bits per heavy atom. The lowest BCUT2D eigenvalue weighted by Crippen LogP contribution is -2.09. The number of unbranched alkanes of at least 4 members (excludes halogenated alkanes) is 1. The van der Waals surface area contributed by atoms with Crippen LogP contribution in [0.5, 0.6) is 23.0 Å². The molecular weight excluding hydrogens is 374 g/mol. The van der Waals surface area contributed by atoms with Gasteiger partial charge in [-0.1, -0.05) is 25.4 Å². The quantitative estimate of drug-likeness (QED) is 0.325. The Balaban J connectivity index is 2.84. The predicted molar refractivity (Wildman–Crippen MR) is 113 cm³/mol. The second-order valence-corrected chi connectivity index (χ2v) is 6.34. The first-order valence-corrected chi connectivity index (χ1v) is 9.62. The summed E-state index contributed by atoms with van der Waals surface area (Å²) in [5.74, 6) is 1.98. The van der Waals surface area contributed by atoms with Crippen molar-refractivity contribution in [2.75, 3.05) is 28.4 Å². The molecule has 0 radical (unpaired) electrons. The van der Waals surface area contributed by atoms with Crippen molar-refractivity contribution in [3.05, 3.63) is 23.8 Å². The van der Waals surface area contributed by atoms with E-state index in [0.717, 1.165) is 18.2 Å². The van der Waals surface area contributed by atoms with Crippen molar-refractivity contribution in [3.8, 4) is 23.0 Å². The minimum atomic E-state index is -0.398. The van der Waals surface area contributed by atoms with E-state index in [2.05, 4.69) is 12.1 Å². The average Bonchev–Trinajstić information content (AvgIpc) is 2.76. The Hall–Kier alpha value is -2.96. The molecule has 0 N–H and O–H groups in total. The first kappa shape index (κ1) is 22.3. The number of hydrogen-bond acceptors (Lipinski definition) is 7. The van der Waals surface area contributed by atoms with E-state index in [4.69, 9.17) is 23.8 Å². The second kappa shape index (κ2) is 10.5. The van der Waals surface area contributed by atoms with E-state index in [1.807, 2.05) is 18.2 Å². The Bertz CT molecular complexity index is 891. The maximum Gasteiger partial charge on any atom is 0.334 e. The zero-order valence-corrected chi connectivity index (χ0v) is 18.0. The topological polar surface area (TPSA) is 75.6 Å². The third-order valence-electron chi connectivity index (χ3n) is 4.61. The summed E-state index contributed by atoms with van der Waals surface area (Å²) in [4.78, 5) is 16.8. The van der Waals surface area contributed by atoms with Crippen LogP contribution in [0.4, 0.5) is 0 Å². The van der Waals surface area contributed by atoms with E-state index in [9.17, 15) is 4.79 Å². The maximum absolute atomic E-state index is 11.7. The molecule has 158 valence electrons. The molecule has 0 spiro atoms. The van der Waals surface area contributed by atoms with Crippen LogP contribution in [-0.4, -0.2) is 40.1 Å². The molecule has 0 atom stereocenters. The summed E-state index contributed by atoms with van der Waals surface area (Å²) < 4.78 is 22.6. The fourth-order valence-corrected chi connectivity index (χ4v) is 3.11. The Kier molecular flexibility index (Phi) is 8.12. The number of carbonyl (C=O) groups is 1. The van der Waals surface area contributed by atoms with Crippen LogP contribution < -0.4 is 18.9 Å². The number of benzene rings is 2. The lowest BCUT2D eigenvalue weighted by Gasteiger charge is -2.19. The van der Waals surface area contributed by atoms with Gasteiger partial charge in [-0.2, -0.15) is 0 Å². The van der Waals surface area contributed by atoms with E-state index < -0.39 is 5.97 Å². The van der Waals surface area contributed by atoms with Crippen molar-refractivity contribution >= 4 is 22.5 Å². The van der Waals surface area contributed by atoms with Gasteiger partial charge in [0.15, 0.2) is 0 Å². The third kappa shape index (κ3) is 4.72. The van der Waals surface area contributed by atoms with Crippen LogP contribution in [-0.2, 0) is 9.63 Å². The molecule has 0 heterocycles. The average molecular weight is 403 g/mol. The number of oxime groups is 1. The minimum absolute atomic E-state index is 0.244. The van der Waals surface area contributed by atoms with Crippen LogP contribution >= 0.6 is 0 Å². The van der Waals surface area contributed by atoms with Crippen LogP contribution in [0.2, 0.25) is 0 Å². The number of fused-ring (bicyclic) bond motifs is 1. The molecule has 29 heavy (non-hydrogen) atoms. The van der Waals surface area contributed by atoms with Gasteiger partial charge in [-0.15, -0.1) is 0 Å². The van der Waals surface area contributed by atoms with Gasteiger partial charge >= 0.3 is 5.97 Å². The van der Waals surface area contributed by atoms with Crippen LogP contribution in [0.3, 0.4) is 0 Å². The zero-order valence-electron chi connectivity index (χ0n) is 18.0. The molecule has 0 fully saturated rings. The van der Waals surface area contributed by atoms with Gasteiger partial charge in [-0.3, -0.25) is 0 Å². The lowest BCUT2D eigenvalue weighted by atomic mass is 9.97. The molecule has 7 nitrogen and oxygen atoms in total.